The number of aliphatic carboxylic acids is 1. The van der Waals surface area contributed by atoms with Crippen molar-refractivity contribution in [2.24, 2.45) is 0 Å². The molecule has 3 N–H and O–H groups in total. The van der Waals surface area contributed by atoms with Crippen LogP contribution in [-0.4, -0.2) is 57.8 Å². The highest BCUT2D eigenvalue weighted by Gasteiger charge is 2.43. The Hall–Kier alpha value is -3.27. The van der Waals surface area contributed by atoms with Crippen LogP contribution >= 0.6 is 0 Å². The Morgan fingerprint density at radius 2 is 1.79 bits per heavy atom. The van der Waals surface area contributed by atoms with Crippen LogP contribution in [0.2, 0.25) is 0 Å². The third-order valence-corrected chi connectivity index (χ3v) is 5.92. The number of esters is 1. The molecule has 0 spiro atoms. The van der Waals surface area contributed by atoms with Gasteiger partial charge in [0.05, 0.1) is 12.6 Å². The minimum absolute atomic E-state index is 0.0686. The van der Waals surface area contributed by atoms with Gasteiger partial charge in [-0.15, -0.1) is 0 Å². The van der Waals surface area contributed by atoms with Crippen LogP contribution in [0.4, 0.5) is 0 Å². The molecule has 0 aromatic heterocycles. The maximum absolute atomic E-state index is 13.4. The molecule has 3 rings (SSSR count). The van der Waals surface area contributed by atoms with Crippen LogP contribution in [-0.2, 0) is 36.8 Å². The van der Waals surface area contributed by atoms with E-state index < -0.39 is 42.2 Å². The van der Waals surface area contributed by atoms with Gasteiger partial charge in [-0.05, 0) is 37.8 Å². The van der Waals surface area contributed by atoms with Gasteiger partial charge in [0.1, 0.15) is 12.1 Å². The first-order valence-corrected chi connectivity index (χ1v) is 11.3. The average Bonchev–Trinajstić information content (AvgIpc) is 2.85. The van der Waals surface area contributed by atoms with E-state index in [1.165, 1.54) is 0 Å². The molecule has 182 valence electrons. The topological polar surface area (TPSA) is 125 Å². The number of benzene rings is 2. The summed E-state index contributed by atoms with van der Waals surface area (Å²) < 4.78 is 5.18. The molecule has 0 unspecified atom stereocenters. The van der Waals surface area contributed by atoms with Crippen LogP contribution in [0.5, 0.6) is 0 Å². The van der Waals surface area contributed by atoms with Crippen LogP contribution in [0, 0.1) is 0 Å². The van der Waals surface area contributed by atoms with Crippen molar-refractivity contribution in [3.63, 3.8) is 0 Å². The maximum atomic E-state index is 13.4. The van der Waals surface area contributed by atoms with E-state index in [4.69, 9.17) is 4.74 Å². The van der Waals surface area contributed by atoms with Gasteiger partial charge < -0.3 is 9.84 Å². The number of nitrogens with zero attached hydrogens (tertiary/aromatic N) is 1. The fraction of sp³-hybridized carbons (Fsp3) is 0.400. The number of carbonyl (C=O) groups excluding carboxylic acids is 2. The normalized spacial score (nSPS) is 19.1. The van der Waals surface area contributed by atoms with Gasteiger partial charge in [0.2, 0.25) is 5.91 Å². The number of carboxylic acids is 1. The summed E-state index contributed by atoms with van der Waals surface area (Å²) in [6, 6.07) is 13.5. The van der Waals surface area contributed by atoms with Crippen LogP contribution in [0.25, 0.3) is 0 Å². The van der Waals surface area contributed by atoms with Gasteiger partial charge in [-0.2, -0.15) is 0 Å². The lowest BCUT2D eigenvalue weighted by Gasteiger charge is -2.40. The van der Waals surface area contributed by atoms with Crippen molar-refractivity contribution in [2.75, 3.05) is 6.61 Å². The molecule has 1 heterocycles. The maximum Gasteiger partial charge on any atom is 0.326 e. The molecule has 0 saturated carbocycles. The molecule has 0 bridgehead atoms. The van der Waals surface area contributed by atoms with Crippen LogP contribution < -0.4 is 5.32 Å². The summed E-state index contributed by atoms with van der Waals surface area (Å²) >= 11 is 0. The Bertz CT molecular complexity index is 998. The Labute approximate surface area is 198 Å². The molecule has 1 aliphatic rings. The molecule has 1 amide bonds. The summed E-state index contributed by atoms with van der Waals surface area (Å²) in [4.78, 5) is 43.7. The highest BCUT2D eigenvalue weighted by Crippen LogP contribution is 2.34. The van der Waals surface area contributed by atoms with E-state index in [1.807, 2.05) is 30.3 Å². The van der Waals surface area contributed by atoms with Crippen molar-refractivity contribution in [3.05, 3.63) is 71.3 Å². The Balaban J connectivity index is 1.80. The van der Waals surface area contributed by atoms with Crippen molar-refractivity contribution in [2.45, 2.75) is 57.5 Å². The predicted molar refractivity (Wildman–Crippen MR) is 123 cm³/mol. The number of hydrogen-bond acceptors (Lipinski definition) is 7. The first-order valence-electron chi connectivity index (χ1n) is 11.3. The highest BCUT2D eigenvalue weighted by atomic mass is 17.1. The molecule has 0 saturated heterocycles. The minimum atomic E-state index is -1.28. The molecular formula is C25H30N2O7. The smallest absolute Gasteiger partial charge is 0.326 e. The molecule has 1 aliphatic heterocycles. The summed E-state index contributed by atoms with van der Waals surface area (Å²) in [5.74, 6) is -2.33. The first kappa shape index (κ1) is 25.4. The van der Waals surface area contributed by atoms with Gasteiger partial charge in [0.25, 0.3) is 0 Å². The zero-order chi connectivity index (χ0) is 24.7. The molecule has 0 aliphatic carbocycles. The van der Waals surface area contributed by atoms with E-state index in [1.54, 1.807) is 38.1 Å². The number of rotatable bonds is 10. The number of carbonyl (C=O) groups is 3. The Morgan fingerprint density at radius 3 is 2.44 bits per heavy atom. The van der Waals surface area contributed by atoms with E-state index in [0.29, 0.717) is 24.0 Å². The molecule has 2 aromatic rings. The van der Waals surface area contributed by atoms with Crippen LogP contribution in [0.1, 0.15) is 43.2 Å². The largest absolute Gasteiger partial charge is 0.480 e. The monoisotopic (exact) mass is 470 g/mol. The second kappa shape index (κ2) is 11.7. The second-order valence-electron chi connectivity index (χ2n) is 8.18. The van der Waals surface area contributed by atoms with E-state index in [0.717, 1.165) is 10.5 Å². The molecule has 0 radical (unpaired) electrons. The zero-order valence-corrected chi connectivity index (χ0v) is 19.2. The first-order chi connectivity index (χ1) is 16.4. The summed E-state index contributed by atoms with van der Waals surface area (Å²) in [7, 11) is 0. The number of aryl methyl sites for hydroxylation is 1. The lowest BCUT2D eigenvalue weighted by atomic mass is 9.92. The van der Waals surface area contributed by atoms with Crippen molar-refractivity contribution >= 4 is 17.8 Å². The average molecular weight is 471 g/mol. The van der Waals surface area contributed by atoms with Gasteiger partial charge in [-0.3, -0.25) is 19.8 Å². The molecule has 0 fully saturated rings. The van der Waals surface area contributed by atoms with Gasteiger partial charge in [-0.25, -0.2) is 14.9 Å². The Morgan fingerprint density at radius 1 is 1.12 bits per heavy atom. The SMILES string of the molecule is CCOC(=O)[C@H](CCc1ccccc1)N[C@@H](C)C(=O)N1[C@H](OO)c2ccccc2C[C@H]1C(=O)O. The number of fused-ring (bicyclic) bond motifs is 1. The van der Waals surface area contributed by atoms with E-state index in [-0.39, 0.29) is 13.0 Å². The highest BCUT2D eigenvalue weighted by molar-refractivity contribution is 5.88. The summed E-state index contributed by atoms with van der Waals surface area (Å²) in [6.45, 7) is 3.44. The lowest BCUT2D eigenvalue weighted by Crippen LogP contribution is -2.58. The molecular weight excluding hydrogens is 440 g/mol. The molecule has 9 nitrogen and oxygen atoms in total. The molecule has 4 atom stereocenters. The summed E-state index contributed by atoms with van der Waals surface area (Å²) in [5.41, 5.74) is 2.21. The zero-order valence-electron chi connectivity index (χ0n) is 19.2. The number of amides is 1. The van der Waals surface area contributed by atoms with Crippen LogP contribution in [0.3, 0.4) is 0 Å². The summed E-state index contributed by atoms with van der Waals surface area (Å²) in [5, 5.41) is 22.4. The fourth-order valence-corrected chi connectivity index (χ4v) is 4.23. The Kier molecular flexibility index (Phi) is 8.75. The van der Waals surface area contributed by atoms with Gasteiger partial charge in [0, 0.05) is 12.0 Å². The molecule has 34 heavy (non-hydrogen) atoms. The number of ether oxygens (including phenoxy) is 1. The van der Waals surface area contributed by atoms with E-state index in [9.17, 15) is 24.7 Å². The van der Waals surface area contributed by atoms with Crippen molar-refractivity contribution in [1.29, 1.82) is 0 Å². The molecule has 9 heteroatoms. The lowest BCUT2D eigenvalue weighted by molar-refractivity contribution is -0.318. The number of carboxylic acid groups (broad SMARTS) is 1. The number of nitrogens with one attached hydrogen (secondary N) is 1. The third kappa shape index (κ3) is 5.80. The van der Waals surface area contributed by atoms with Gasteiger partial charge in [-0.1, -0.05) is 54.6 Å². The molecule has 2 aromatic carbocycles. The standard InChI is InChI=1S/C25H30N2O7/c1-3-33-25(31)20(14-13-17-9-5-4-6-10-17)26-16(2)22(28)27-21(24(29)30)15-18-11-7-8-12-19(18)23(27)34-32/h4-12,16,20-21,23,26,32H,3,13-15H2,1-2H3,(H,29,30)/t16-,20-,21-,23+/m0/s1. The van der Waals surface area contributed by atoms with Crippen LogP contribution in [0.15, 0.2) is 54.6 Å². The van der Waals surface area contributed by atoms with Crippen molar-refractivity contribution in [1.82, 2.24) is 10.2 Å². The summed E-state index contributed by atoms with van der Waals surface area (Å²) in [6.07, 6.45) is -0.256. The van der Waals surface area contributed by atoms with E-state index >= 15 is 0 Å². The fourth-order valence-electron chi connectivity index (χ4n) is 4.23. The minimum Gasteiger partial charge on any atom is -0.480 e. The number of hydrogen-bond donors (Lipinski definition) is 3. The quantitative estimate of drug-likeness (QED) is 0.275. The van der Waals surface area contributed by atoms with Crippen molar-refractivity contribution in [3.8, 4) is 0 Å². The predicted octanol–water partition coefficient (Wildman–Crippen LogP) is 2.56. The third-order valence-electron chi connectivity index (χ3n) is 5.92. The van der Waals surface area contributed by atoms with E-state index in [2.05, 4.69) is 10.2 Å². The second-order valence-corrected chi connectivity index (χ2v) is 8.18. The van der Waals surface area contributed by atoms with Crippen molar-refractivity contribution < 1.29 is 34.4 Å². The van der Waals surface area contributed by atoms with Gasteiger partial charge in [0.15, 0.2) is 6.23 Å². The van der Waals surface area contributed by atoms with Gasteiger partial charge >= 0.3 is 11.9 Å².